The Morgan fingerprint density at radius 3 is 2.07 bits per heavy atom. The zero-order chi connectivity index (χ0) is 19.7. The van der Waals surface area contributed by atoms with Gasteiger partial charge in [0.2, 0.25) is 0 Å². The Kier molecular flexibility index (Phi) is 7.70. The number of benzene rings is 2. The van der Waals surface area contributed by atoms with Gasteiger partial charge in [0.1, 0.15) is 0 Å². The average Bonchev–Trinajstić information content (AvgIpc) is 2.66. The lowest BCUT2D eigenvalue weighted by Crippen LogP contribution is -2.24. The van der Waals surface area contributed by atoms with Crippen LogP contribution in [-0.4, -0.2) is 12.7 Å². The Bertz CT molecular complexity index is 710. The second-order valence-electron chi connectivity index (χ2n) is 6.32. The zero-order valence-electron chi connectivity index (χ0n) is 15.3. The van der Waals surface area contributed by atoms with E-state index in [2.05, 4.69) is 12.2 Å². The SMILES string of the molecule is CCCCCCOC(=O)NCc1ccc(-c2ccc(C(F)(F)F)cc2)cc1. The Hall–Kier alpha value is -2.50. The number of hydrogen-bond donors (Lipinski definition) is 1. The van der Waals surface area contributed by atoms with Crippen molar-refractivity contribution >= 4 is 6.09 Å². The van der Waals surface area contributed by atoms with Gasteiger partial charge < -0.3 is 10.1 Å². The number of ether oxygens (including phenoxy) is 1. The molecule has 3 nitrogen and oxygen atoms in total. The van der Waals surface area contributed by atoms with Gasteiger partial charge >= 0.3 is 12.3 Å². The van der Waals surface area contributed by atoms with Crippen LogP contribution in [0.1, 0.15) is 43.7 Å². The largest absolute Gasteiger partial charge is 0.450 e. The molecule has 27 heavy (non-hydrogen) atoms. The topological polar surface area (TPSA) is 38.3 Å². The van der Waals surface area contributed by atoms with Gasteiger partial charge in [-0.15, -0.1) is 0 Å². The number of carbonyl (C=O) groups is 1. The van der Waals surface area contributed by atoms with Crippen LogP contribution in [0.15, 0.2) is 48.5 Å². The van der Waals surface area contributed by atoms with E-state index in [0.29, 0.717) is 18.7 Å². The van der Waals surface area contributed by atoms with E-state index in [1.54, 1.807) is 0 Å². The third-order valence-electron chi connectivity index (χ3n) is 4.17. The lowest BCUT2D eigenvalue weighted by Gasteiger charge is -2.09. The van der Waals surface area contributed by atoms with Gasteiger partial charge in [0.15, 0.2) is 0 Å². The van der Waals surface area contributed by atoms with Crippen molar-refractivity contribution in [2.75, 3.05) is 6.61 Å². The number of carbonyl (C=O) groups excluding carboxylic acids is 1. The summed E-state index contributed by atoms with van der Waals surface area (Å²) >= 11 is 0. The average molecular weight is 379 g/mol. The van der Waals surface area contributed by atoms with E-state index in [4.69, 9.17) is 4.74 Å². The fourth-order valence-corrected chi connectivity index (χ4v) is 2.59. The number of amides is 1. The molecule has 0 atom stereocenters. The first-order valence-electron chi connectivity index (χ1n) is 9.07. The molecule has 0 bridgehead atoms. The number of alkyl carbamates (subject to hydrolysis) is 1. The van der Waals surface area contributed by atoms with Crippen LogP contribution in [0.2, 0.25) is 0 Å². The summed E-state index contributed by atoms with van der Waals surface area (Å²) in [6, 6.07) is 12.3. The highest BCUT2D eigenvalue weighted by Gasteiger charge is 2.29. The highest BCUT2D eigenvalue weighted by molar-refractivity contribution is 5.67. The summed E-state index contributed by atoms with van der Waals surface area (Å²) in [5.74, 6) is 0. The van der Waals surface area contributed by atoms with Crippen molar-refractivity contribution in [2.24, 2.45) is 0 Å². The smallest absolute Gasteiger partial charge is 0.416 e. The highest BCUT2D eigenvalue weighted by Crippen LogP contribution is 2.31. The van der Waals surface area contributed by atoms with Gasteiger partial charge in [0, 0.05) is 6.54 Å². The van der Waals surface area contributed by atoms with Gasteiger partial charge in [-0.05, 0) is 35.2 Å². The molecule has 1 amide bonds. The highest BCUT2D eigenvalue weighted by atomic mass is 19.4. The van der Waals surface area contributed by atoms with Gasteiger partial charge in [-0.25, -0.2) is 4.79 Å². The second-order valence-corrected chi connectivity index (χ2v) is 6.32. The summed E-state index contributed by atoms with van der Waals surface area (Å²) in [6.45, 7) is 2.87. The molecule has 0 aliphatic rings. The lowest BCUT2D eigenvalue weighted by molar-refractivity contribution is -0.137. The molecule has 0 radical (unpaired) electrons. The summed E-state index contributed by atoms with van der Waals surface area (Å²) in [7, 11) is 0. The van der Waals surface area contributed by atoms with Crippen molar-refractivity contribution < 1.29 is 22.7 Å². The van der Waals surface area contributed by atoms with E-state index in [9.17, 15) is 18.0 Å². The summed E-state index contributed by atoms with van der Waals surface area (Å²) in [5.41, 5.74) is 1.73. The fraction of sp³-hybridized carbons (Fsp3) is 0.381. The monoisotopic (exact) mass is 379 g/mol. The van der Waals surface area contributed by atoms with E-state index in [1.807, 2.05) is 24.3 Å². The molecular weight excluding hydrogens is 355 g/mol. The maximum atomic E-state index is 12.6. The van der Waals surface area contributed by atoms with Crippen molar-refractivity contribution in [3.8, 4) is 11.1 Å². The summed E-state index contributed by atoms with van der Waals surface area (Å²) in [6.07, 6.45) is -0.597. The number of halogens is 3. The maximum Gasteiger partial charge on any atom is 0.416 e. The number of unbranched alkanes of at least 4 members (excludes halogenated alkanes) is 3. The predicted octanol–water partition coefficient (Wildman–Crippen LogP) is 6.18. The van der Waals surface area contributed by atoms with Crippen molar-refractivity contribution in [2.45, 2.75) is 45.3 Å². The Labute approximate surface area is 157 Å². The van der Waals surface area contributed by atoms with Crippen LogP contribution >= 0.6 is 0 Å². The number of nitrogens with one attached hydrogen (secondary N) is 1. The predicted molar refractivity (Wildman–Crippen MR) is 99.2 cm³/mol. The number of alkyl halides is 3. The first-order chi connectivity index (χ1) is 12.9. The Balaban J connectivity index is 1.82. The Morgan fingerprint density at radius 1 is 0.926 bits per heavy atom. The Morgan fingerprint density at radius 2 is 1.52 bits per heavy atom. The first-order valence-corrected chi connectivity index (χ1v) is 9.07. The van der Waals surface area contributed by atoms with E-state index < -0.39 is 17.8 Å². The number of hydrogen-bond acceptors (Lipinski definition) is 2. The molecule has 0 spiro atoms. The molecule has 2 aromatic rings. The van der Waals surface area contributed by atoms with Gasteiger partial charge in [0.25, 0.3) is 0 Å². The molecule has 6 heteroatoms. The van der Waals surface area contributed by atoms with Crippen molar-refractivity contribution in [3.05, 3.63) is 59.7 Å². The maximum absolute atomic E-state index is 12.6. The molecule has 0 saturated heterocycles. The third kappa shape index (κ3) is 6.96. The molecule has 0 heterocycles. The van der Waals surface area contributed by atoms with E-state index in [0.717, 1.165) is 48.9 Å². The summed E-state index contributed by atoms with van der Waals surface area (Å²) in [5, 5.41) is 2.69. The van der Waals surface area contributed by atoms with E-state index in [1.165, 1.54) is 12.1 Å². The molecule has 0 aromatic heterocycles. The van der Waals surface area contributed by atoms with E-state index >= 15 is 0 Å². The van der Waals surface area contributed by atoms with Crippen molar-refractivity contribution in [1.82, 2.24) is 5.32 Å². The molecular formula is C21H24F3NO2. The van der Waals surface area contributed by atoms with Gasteiger partial charge in [0.05, 0.1) is 12.2 Å². The van der Waals surface area contributed by atoms with Crippen LogP contribution in [0.3, 0.4) is 0 Å². The molecule has 146 valence electrons. The van der Waals surface area contributed by atoms with Crippen LogP contribution in [0, 0.1) is 0 Å². The van der Waals surface area contributed by atoms with Crippen LogP contribution in [-0.2, 0) is 17.5 Å². The molecule has 0 aliphatic carbocycles. The lowest BCUT2D eigenvalue weighted by atomic mass is 10.0. The molecule has 0 unspecified atom stereocenters. The van der Waals surface area contributed by atoms with E-state index in [-0.39, 0.29) is 0 Å². The van der Waals surface area contributed by atoms with Crippen LogP contribution in [0.5, 0.6) is 0 Å². The fourth-order valence-electron chi connectivity index (χ4n) is 2.59. The third-order valence-corrected chi connectivity index (χ3v) is 4.17. The van der Waals surface area contributed by atoms with Crippen LogP contribution in [0.25, 0.3) is 11.1 Å². The summed E-state index contributed by atoms with van der Waals surface area (Å²) in [4.78, 5) is 11.6. The second kappa shape index (κ2) is 10.00. The molecule has 2 rings (SSSR count). The van der Waals surface area contributed by atoms with Gasteiger partial charge in [-0.1, -0.05) is 62.6 Å². The van der Waals surface area contributed by atoms with Crippen molar-refractivity contribution in [3.63, 3.8) is 0 Å². The van der Waals surface area contributed by atoms with Gasteiger partial charge in [-0.3, -0.25) is 0 Å². The van der Waals surface area contributed by atoms with Gasteiger partial charge in [-0.2, -0.15) is 13.2 Å². The quantitative estimate of drug-likeness (QED) is 0.556. The first kappa shape index (κ1) is 20.8. The minimum absolute atomic E-state index is 0.334. The number of rotatable bonds is 8. The molecule has 0 saturated carbocycles. The normalized spacial score (nSPS) is 11.3. The minimum Gasteiger partial charge on any atom is -0.450 e. The van der Waals surface area contributed by atoms with Crippen LogP contribution in [0.4, 0.5) is 18.0 Å². The molecule has 2 aromatic carbocycles. The zero-order valence-corrected chi connectivity index (χ0v) is 15.3. The molecule has 0 aliphatic heterocycles. The standard InChI is InChI=1S/C21H24F3NO2/c1-2-3-4-5-14-27-20(26)25-15-16-6-8-17(9-7-16)18-10-12-19(13-11-18)21(22,23)24/h6-13H,2-5,14-15H2,1H3,(H,25,26). The van der Waals surface area contributed by atoms with Crippen LogP contribution < -0.4 is 5.32 Å². The summed E-state index contributed by atoms with van der Waals surface area (Å²) < 4.78 is 42.9. The minimum atomic E-state index is -4.33. The molecule has 0 fully saturated rings. The van der Waals surface area contributed by atoms with Crippen molar-refractivity contribution in [1.29, 1.82) is 0 Å². The molecule has 1 N–H and O–H groups in total.